The molecule has 3 heterocycles. The van der Waals surface area contributed by atoms with Crippen molar-refractivity contribution in [3.63, 3.8) is 0 Å². The SMILES string of the molecule is CC(C)OC(=O)N1CCC[C@@H](Nc2ncc3nc(Nc4c(Cl)cc(C#N)cc4Cl)n(C4CCC(C(N)=O)CC4)c3n2)C1. The van der Waals surface area contributed by atoms with Crippen LogP contribution >= 0.6 is 23.2 Å². The number of hydrogen-bond donors (Lipinski definition) is 3. The molecule has 3 aromatic rings. The summed E-state index contributed by atoms with van der Waals surface area (Å²) in [5.41, 5.74) is 7.51. The smallest absolute Gasteiger partial charge is 0.410 e. The van der Waals surface area contributed by atoms with Crippen molar-refractivity contribution in [1.82, 2.24) is 24.4 Å². The van der Waals surface area contributed by atoms with Crippen LogP contribution in [0.3, 0.4) is 0 Å². The number of fused-ring (bicyclic) bond motifs is 1. The topological polar surface area (TPSA) is 164 Å². The number of rotatable bonds is 7. The number of nitrogens with zero attached hydrogens (tertiary/aromatic N) is 6. The van der Waals surface area contributed by atoms with Crippen LogP contribution in [0.25, 0.3) is 11.2 Å². The van der Waals surface area contributed by atoms with Crippen LogP contribution in [0, 0.1) is 17.2 Å². The molecule has 0 spiro atoms. The number of benzene rings is 1. The molecule has 14 heteroatoms. The van der Waals surface area contributed by atoms with Crippen molar-refractivity contribution >= 4 is 64.0 Å². The van der Waals surface area contributed by atoms with Crippen LogP contribution in [0.2, 0.25) is 10.0 Å². The molecule has 2 aliphatic rings. The van der Waals surface area contributed by atoms with Gasteiger partial charge in [0.05, 0.1) is 39.7 Å². The number of hydrogen-bond acceptors (Lipinski definition) is 9. The van der Waals surface area contributed by atoms with Gasteiger partial charge in [-0.1, -0.05) is 23.2 Å². The molecular formula is C28H33Cl2N9O3. The van der Waals surface area contributed by atoms with Gasteiger partial charge >= 0.3 is 6.09 Å². The van der Waals surface area contributed by atoms with Crippen molar-refractivity contribution in [3.8, 4) is 6.07 Å². The van der Waals surface area contributed by atoms with Crippen molar-refractivity contribution in [2.75, 3.05) is 23.7 Å². The van der Waals surface area contributed by atoms with Crippen LogP contribution in [-0.4, -0.2) is 61.7 Å². The van der Waals surface area contributed by atoms with E-state index in [1.807, 2.05) is 24.5 Å². The van der Waals surface area contributed by atoms with E-state index in [0.717, 1.165) is 12.8 Å². The van der Waals surface area contributed by atoms with E-state index in [4.69, 9.17) is 43.6 Å². The van der Waals surface area contributed by atoms with Gasteiger partial charge in [0.2, 0.25) is 17.8 Å². The first-order valence-electron chi connectivity index (χ1n) is 14.1. The summed E-state index contributed by atoms with van der Waals surface area (Å²) in [5, 5.41) is 16.5. The van der Waals surface area contributed by atoms with Gasteiger partial charge in [0.25, 0.3) is 0 Å². The highest BCUT2D eigenvalue weighted by atomic mass is 35.5. The van der Waals surface area contributed by atoms with Gasteiger partial charge in [-0.05, 0) is 64.5 Å². The highest BCUT2D eigenvalue weighted by Gasteiger charge is 2.30. The first-order chi connectivity index (χ1) is 20.1. The third-order valence-electron chi connectivity index (χ3n) is 7.65. The van der Waals surface area contributed by atoms with Crippen LogP contribution in [0.5, 0.6) is 0 Å². The summed E-state index contributed by atoms with van der Waals surface area (Å²) >= 11 is 13.0. The molecule has 5 rings (SSSR count). The number of likely N-dealkylation sites (tertiary alicyclic amines) is 1. The molecule has 222 valence electrons. The Hall–Kier alpha value is -3.82. The number of nitrogens with two attached hydrogens (primary N) is 1. The third-order valence-corrected chi connectivity index (χ3v) is 8.25. The average Bonchev–Trinajstić information content (AvgIpc) is 3.31. The number of piperidine rings is 1. The second kappa shape index (κ2) is 12.6. The number of amides is 2. The zero-order valence-corrected chi connectivity index (χ0v) is 25.0. The van der Waals surface area contributed by atoms with Crippen molar-refractivity contribution < 1.29 is 14.3 Å². The number of primary amides is 1. The van der Waals surface area contributed by atoms with Gasteiger partial charge in [-0.25, -0.2) is 14.8 Å². The summed E-state index contributed by atoms with van der Waals surface area (Å²) in [6.07, 6.45) is 5.52. The molecule has 4 N–H and O–H groups in total. The fourth-order valence-electron chi connectivity index (χ4n) is 5.60. The lowest BCUT2D eigenvalue weighted by Gasteiger charge is -2.33. The highest BCUT2D eigenvalue weighted by molar-refractivity contribution is 6.39. The van der Waals surface area contributed by atoms with E-state index >= 15 is 0 Å². The van der Waals surface area contributed by atoms with E-state index < -0.39 is 0 Å². The molecular weight excluding hydrogens is 581 g/mol. The fourth-order valence-corrected chi connectivity index (χ4v) is 6.18. The molecule has 42 heavy (non-hydrogen) atoms. The van der Waals surface area contributed by atoms with E-state index in [1.54, 1.807) is 11.1 Å². The lowest BCUT2D eigenvalue weighted by Crippen LogP contribution is -2.46. The van der Waals surface area contributed by atoms with Crippen molar-refractivity contribution in [3.05, 3.63) is 33.9 Å². The van der Waals surface area contributed by atoms with Crippen LogP contribution in [0.1, 0.15) is 64.0 Å². The number of carbonyl (C=O) groups excluding carboxylic acids is 2. The van der Waals surface area contributed by atoms with Crippen LogP contribution in [-0.2, 0) is 9.53 Å². The molecule has 1 saturated heterocycles. The summed E-state index contributed by atoms with van der Waals surface area (Å²) < 4.78 is 7.38. The summed E-state index contributed by atoms with van der Waals surface area (Å²) in [6.45, 7) is 4.78. The second-order valence-corrected chi connectivity index (χ2v) is 11.8. The van der Waals surface area contributed by atoms with E-state index in [-0.39, 0.29) is 46.2 Å². The van der Waals surface area contributed by atoms with E-state index in [9.17, 15) is 14.9 Å². The quantitative estimate of drug-likeness (QED) is 0.317. The predicted octanol–water partition coefficient (Wildman–Crippen LogP) is 5.39. The Morgan fingerprint density at radius 1 is 1.14 bits per heavy atom. The molecule has 2 fully saturated rings. The Bertz CT molecular complexity index is 1510. The number of halogens is 2. The molecule has 12 nitrogen and oxygen atoms in total. The molecule has 1 saturated carbocycles. The summed E-state index contributed by atoms with van der Waals surface area (Å²) in [5.74, 6) is 0.427. The minimum absolute atomic E-state index is 0.0252. The molecule has 0 bridgehead atoms. The first kappa shape index (κ1) is 29.7. The van der Waals surface area contributed by atoms with Gasteiger partial charge in [-0.3, -0.25) is 9.36 Å². The normalized spacial score (nSPS) is 20.8. The van der Waals surface area contributed by atoms with Gasteiger partial charge in [0.15, 0.2) is 5.65 Å². The Morgan fingerprint density at radius 3 is 2.50 bits per heavy atom. The standard InChI is InChI=1S/C28H33Cl2N9O3/c1-15(2)42-28(41)38-9-3-4-18(14-38)34-26-33-13-22-25(37-26)39(19-7-5-17(6-8-19)24(32)40)27(35-22)36-23-20(29)10-16(12-31)11-21(23)30/h10-11,13,15,17-19H,3-9,14H2,1-2H3,(H2,32,40)(H,35,36)(H,33,34,37)/t17?,18-,19?/m1/s1. The van der Waals surface area contributed by atoms with Crippen molar-refractivity contribution in [1.29, 1.82) is 5.26 Å². The zero-order valence-electron chi connectivity index (χ0n) is 23.4. The molecule has 1 atom stereocenters. The molecule has 0 unspecified atom stereocenters. The largest absolute Gasteiger partial charge is 0.447 e. The van der Waals surface area contributed by atoms with Gasteiger partial charge in [0.1, 0.15) is 5.52 Å². The maximum Gasteiger partial charge on any atom is 0.410 e. The molecule has 1 aliphatic heterocycles. The number of nitrogens with one attached hydrogen (secondary N) is 2. The average molecular weight is 615 g/mol. The Kier molecular flexibility index (Phi) is 8.89. The van der Waals surface area contributed by atoms with Crippen molar-refractivity contribution in [2.45, 2.75) is 70.6 Å². The fraction of sp³-hybridized carbons (Fsp3) is 0.500. The van der Waals surface area contributed by atoms with Crippen LogP contribution in [0.4, 0.5) is 22.4 Å². The Labute approximate surface area is 253 Å². The monoisotopic (exact) mass is 613 g/mol. The van der Waals surface area contributed by atoms with Gasteiger partial charge in [-0.2, -0.15) is 10.2 Å². The minimum Gasteiger partial charge on any atom is -0.447 e. The number of ether oxygens (including phenoxy) is 1. The summed E-state index contributed by atoms with van der Waals surface area (Å²) in [4.78, 5) is 40.1. The summed E-state index contributed by atoms with van der Waals surface area (Å²) in [7, 11) is 0. The number of nitriles is 1. The molecule has 2 amide bonds. The third kappa shape index (κ3) is 6.47. The maximum atomic E-state index is 12.5. The van der Waals surface area contributed by atoms with Gasteiger partial charge in [-0.15, -0.1) is 0 Å². The van der Waals surface area contributed by atoms with Crippen LogP contribution < -0.4 is 16.4 Å². The van der Waals surface area contributed by atoms with E-state index in [0.29, 0.717) is 73.1 Å². The first-order valence-corrected chi connectivity index (χ1v) is 14.8. The van der Waals surface area contributed by atoms with Crippen molar-refractivity contribution in [2.24, 2.45) is 11.7 Å². The Morgan fingerprint density at radius 2 is 1.86 bits per heavy atom. The highest BCUT2D eigenvalue weighted by Crippen LogP contribution is 2.39. The second-order valence-electron chi connectivity index (χ2n) is 11.0. The molecule has 1 aromatic carbocycles. The number of aromatic nitrogens is 4. The maximum absolute atomic E-state index is 12.5. The van der Waals surface area contributed by atoms with E-state index in [1.165, 1.54) is 12.1 Å². The lowest BCUT2D eigenvalue weighted by atomic mass is 9.85. The number of imidazole rings is 1. The van der Waals surface area contributed by atoms with Gasteiger partial charge < -0.3 is 26.0 Å². The number of carbonyl (C=O) groups is 2. The zero-order chi connectivity index (χ0) is 30.0. The van der Waals surface area contributed by atoms with Gasteiger partial charge in [0, 0.05) is 31.1 Å². The van der Waals surface area contributed by atoms with Crippen LogP contribution in [0.15, 0.2) is 18.3 Å². The predicted molar refractivity (Wildman–Crippen MR) is 160 cm³/mol. The lowest BCUT2D eigenvalue weighted by molar-refractivity contribution is -0.122. The number of anilines is 3. The molecule has 2 aromatic heterocycles. The molecule has 1 aliphatic carbocycles. The minimum atomic E-state index is -0.326. The van der Waals surface area contributed by atoms with E-state index in [2.05, 4.69) is 15.6 Å². The molecule has 0 radical (unpaired) electrons. The Balaban J connectivity index is 1.46. The summed E-state index contributed by atoms with van der Waals surface area (Å²) in [6, 6.07) is 5.04.